The number of rotatable bonds is 56. The Labute approximate surface area is 406 Å². The van der Waals surface area contributed by atoms with Gasteiger partial charge in [-0.2, -0.15) is 0 Å². The van der Waals surface area contributed by atoms with Crippen molar-refractivity contribution in [1.82, 2.24) is 0 Å². The molecule has 0 fully saturated rings. The van der Waals surface area contributed by atoms with Crippen molar-refractivity contribution in [2.45, 2.75) is 384 Å². The minimum Gasteiger partial charge on any atom is -0.0654 e. The van der Waals surface area contributed by atoms with Gasteiger partial charge < -0.3 is 0 Å². The van der Waals surface area contributed by atoms with E-state index in [1.807, 2.05) is 0 Å². The van der Waals surface area contributed by atoms with Crippen LogP contribution in [0.25, 0.3) is 0 Å². The van der Waals surface area contributed by atoms with Gasteiger partial charge in [0.2, 0.25) is 0 Å². The summed E-state index contributed by atoms with van der Waals surface area (Å²) in [5.41, 5.74) is 0. The molecule has 0 N–H and O–H groups in total. The standard InChI is InChI=1S/2C22H45O.2C8H17.Sn/c2*1-3-5-7-9-11-12-13-15-17-19-21-22(23)20-18-16-14-10-8-6-4-2;2*1-3-5-7-8-6-4-2;/h2*22H,3-21H2,1-2H3;2*1,3-8H2,2H3;/q2*-1;;;+2. The van der Waals surface area contributed by atoms with Crippen molar-refractivity contribution in [3.8, 4) is 0 Å². The van der Waals surface area contributed by atoms with Crippen LogP contribution in [-0.2, 0) is 6.15 Å². The zero-order valence-electron chi connectivity index (χ0n) is 45.2. The average molecular weight is 996 g/mol. The molecule has 0 aromatic carbocycles. The van der Waals surface area contributed by atoms with Gasteiger partial charge >= 0.3 is 382 Å². The average Bonchev–Trinajstić information content (AvgIpc) is 3.29. The fraction of sp³-hybridized carbons (Fsp3) is 1.00. The van der Waals surface area contributed by atoms with Crippen LogP contribution in [0.2, 0.25) is 8.87 Å². The van der Waals surface area contributed by atoms with E-state index < -0.39 is 19.2 Å². The first-order valence-corrected chi connectivity index (χ1v) is 36.8. The zero-order valence-corrected chi connectivity index (χ0v) is 48.1. The summed E-state index contributed by atoms with van der Waals surface area (Å²) >= 11 is -3.46. The van der Waals surface area contributed by atoms with Gasteiger partial charge in [0.25, 0.3) is 0 Å². The van der Waals surface area contributed by atoms with Crippen LogP contribution < -0.4 is 0 Å². The maximum atomic E-state index is 8.01. The van der Waals surface area contributed by atoms with Crippen LogP contribution >= 0.6 is 0 Å². The van der Waals surface area contributed by atoms with Gasteiger partial charge in [0, 0.05) is 0 Å². The van der Waals surface area contributed by atoms with E-state index in [1.165, 1.54) is 330 Å². The van der Waals surface area contributed by atoms with E-state index in [0.29, 0.717) is 12.2 Å². The monoisotopic (exact) mass is 997 g/mol. The first-order valence-electron chi connectivity index (χ1n) is 30.5. The molecule has 63 heavy (non-hydrogen) atoms. The molecular formula is C60H124O2Sn. The molecule has 0 rings (SSSR count). The van der Waals surface area contributed by atoms with Gasteiger partial charge in [-0.25, -0.2) is 0 Å². The van der Waals surface area contributed by atoms with Crippen LogP contribution in [0.3, 0.4) is 0 Å². The van der Waals surface area contributed by atoms with E-state index >= 15 is 0 Å². The third kappa shape index (κ3) is 46.2. The Morgan fingerprint density at radius 3 is 0.556 bits per heavy atom. The summed E-state index contributed by atoms with van der Waals surface area (Å²) < 4.78 is 18.7. The molecule has 0 saturated heterocycles. The van der Waals surface area contributed by atoms with E-state index in [1.54, 1.807) is 0 Å². The van der Waals surface area contributed by atoms with Gasteiger partial charge in [-0.3, -0.25) is 0 Å². The quantitative estimate of drug-likeness (QED) is 0.0447. The fourth-order valence-electron chi connectivity index (χ4n) is 10.2. The van der Waals surface area contributed by atoms with Crippen LogP contribution in [-0.4, -0.2) is 31.4 Å². The molecule has 0 aliphatic heterocycles. The fourth-order valence-corrected chi connectivity index (χ4v) is 21.8. The minimum absolute atomic E-state index is 0.446. The normalized spacial score (nSPS) is 13.0. The van der Waals surface area contributed by atoms with Gasteiger partial charge in [-0.15, -0.1) is 0 Å². The molecule has 0 radical (unpaired) electrons. The van der Waals surface area contributed by atoms with Crippen LogP contribution in [0.15, 0.2) is 0 Å². The molecule has 0 amide bonds. The van der Waals surface area contributed by atoms with Gasteiger partial charge in [-0.05, 0) is 0 Å². The van der Waals surface area contributed by atoms with Gasteiger partial charge in [0.1, 0.15) is 0 Å². The van der Waals surface area contributed by atoms with Gasteiger partial charge in [0.05, 0.1) is 0 Å². The van der Waals surface area contributed by atoms with E-state index in [2.05, 4.69) is 41.5 Å². The van der Waals surface area contributed by atoms with E-state index in [9.17, 15) is 0 Å². The second-order valence-electron chi connectivity index (χ2n) is 21.2. The third-order valence-corrected chi connectivity index (χ3v) is 25.3. The minimum atomic E-state index is -3.46. The van der Waals surface area contributed by atoms with Crippen molar-refractivity contribution in [2.75, 3.05) is 0 Å². The summed E-state index contributed by atoms with van der Waals surface area (Å²) in [5, 5.41) is 0. The Balaban J connectivity index is 6.21. The van der Waals surface area contributed by atoms with Gasteiger partial charge in [-0.1, -0.05) is 26.7 Å². The Morgan fingerprint density at radius 1 is 0.206 bits per heavy atom. The Hall–Kier alpha value is 0.719. The molecule has 0 spiro atoms. The zero-order chi connectivity index (χ0) is 45.8. The molecule has 0 heterocycles. The summed E-state index contributed by atoms with van der Waals surface area (Å²) in [6, 6.07) is 0. The predicted octanol–water partition coefficient (Wildman–Crippen LogP) is 22.8. The molecule has 0 bridgehead atoms. The molecule has 0 aromatic rings. The summed E-state index contributed by atoms with van der Waals surface area (Å²) in [6.45, 7) is 14.1. The summed E-state index contributed by atoms with van der Waals surface area (Å²) in [4.78, 5) is 0. The Kier molecular flexibility index (Phi) is 54.3. The number of hydrogen-bond acceptors (Lipinski definition) is 2. The molecule has 0 aliphatic carbocycles. The molecule has 3 heteroatoms. The molecule has 0 aliphatic rings. The third-order valence-electron chi connectivity index (χ3n) is 14.6. The van der Waals surface area contributed by atoms with Crippen LogP contribution in [0.1, 0.15) is 363 Å². The maximum absolute atomic E-state index is 8.01. The van der Waals surface area contributed by atoms with E-state index in [-0.39, 0.29) is 0 Å². The molecule has 2 nitrogen and oxygen atoms in total. The van der Waals surface area contributed by atoms with Crippen molar-refractivity contribution in [1.29, 1.82) is 0 Å². The molecule has 2 unspecified atom stereocenters. The summed E-state index contributed by atoms with van der Waals surface area (Å²) in [5.74, 6) is 0. The van der Waals surface area contributed by atoms with Crippen molar-refractivity contribution in [3.05, 3.63) is 0 Å². The summed E-state index contributed by atoms with van der Waals surface area (Å²) in [6.07, 6.45) is 70.8. The van der Waals surface area contributed by atoms with Crippen molar-refractivity contribution >= 4 is 19.2 Å². The molecule has 380 valence electrons. The van der Waals surface area contributed by atoms with Crippen LogP contribution in [0.4, 0.5) is 0 Å². The van der Waals surface area contributed by atoms with Crippen LogP contribution in [0, 0.1) is 0 Å². The SMILES string of the molecule is CCCCCCCCCCCCC(CCCCCCCCC)[O][Sn]([CH2]CCCCCCC)([CH2]CCCCCCC)[O]C(CCCCCCCCC)CCCCCCCCCCCC. The molecular weight excluding hydrogens is 871 g/mol. The first-order chi connectivity index (χ1) is 31.1. The second-order valence-corrected chi connectivity index (χ2v) is 30.6. The van der Waals surface area contributed by atoms with Crippen molar-refractivity contribution in [3.63, 3.8) is 0 Å². The first kappa shape index (κ1) is 63.7. The van der Waals surface area contributed by atoms with Crippen molar-refractivity contribution < 1.29 is 6.15 Å². The number of hydrogen-bond donors (Lipinski definition) is 0. The topological polar surface area (TPSA) is 18.5 Å². The summed E-state index contributed by atoms with van der Waals surface area (Å²) in [7, 11) is 0. The predicted molar refractivity (Wildman–Crippen MR) is 290 cm³/mol. The second kappa shape index (κ2) is 53.7. The number of unbranched alkanes of at least 4 members (excludes halogenated alkanes) is 40. The molecule has 0 saturated carbocycles. The Morgan fingerprint density at radius 2 is 0.365 bits per heavy atom. The van der Waals surface area contributed by atoms with E-state index in [4.69, 9.17) is 6.15 Å². The smallest absolute Gasteiger partial charge is 0.0654 e. The Bertz CT molecular complexity index is 750. The van der Waals surface area contributed by atoms with E-state index in [0.717, 1.165) is 0 Å². The van der Waals surface area contributed by atoms with Crippen molar-refractivity contribution in [2.24, 2.45) is 0 Å². The molecule has 2 atom stereocenters. The van der Waals surface area contributed by atoms with Crippen LogP contribution in [0.5, 0.6) is 0 Å². The van der Waals surface area contributed by atoms with Gasteiger partial charge in [0.15, 0.2) is 0 Å². The molecule has 0 aromatic heterocycles.